The quantitative estimate of drug-likeness (QED) is 0.492. The number of amides is 1. The number of benzene rings is 2. The lowest BCUT2D eigenvalue weighted by Crippen LogP contribution is -2.40. The standard InChI is InChI=1S/C10H15N3O2.C9H10FNO.C7H9N.C5H12/c1-12(2)6-10(15)13-5-8(7-14)3-9(13)4-11;10-8-3-1-7(2-4-8)5-9(11)6-12;1-8-7-5-3-2-4-6-7;1-5(2,3)4/h7-9H,3,5-6H2,1-2H3;1-4,6,9H,5,11H2;2-6,8H,1H3;1-4H3. The second-order valence-corrected chi connectivity index (χ2v) is 11.3. The largest absolute Gasteiger partial charge is 0.388 e. The molecule has 9 heteroatoms. The number of likely N-dealkylation sites (N-methyl/N-ethyl adjacent to an activating group) is 1. The van der Waals surface area contributed by atoms with E-state index in [9.17, 15) is 18.8 Å². The number of carbonyl (C=O) groups is 3. The topological polar surface area (TPSA) is 120 Å². The summed E-state index contributed by atoms with van der Waals surface area (Å²) in [6, 6.07) is 17.2. The molecule has 3 atom stereocenters. The molecule has 3 rings (SSSR count). The van der Waals surface area contributed by atoms with E-state index < -0.39 is 12.1 Å². The van der Waals surface area contributed by atoms with Crippen LogP contribution in [0.15, 0.2) is 54.6 Å². The number of halogens is 1. The van der Waals surface area contributed by atoms with Crippen molar-refractivity contribution in [3.63, 3.8) is 0 Å². The lowest BCUT2D eigenvalue weighted by molar-refractivity contribution is -0.132. The lowest BCUT2D eigenvalue weighted by Gasteiger charge is -2.21. The summed E-state index contributed by atoms with van der Waals surface area (Å²) in [6.45, 7) is 9.41. The zero-order valence-corrected chi connectivity index (χ0v) is 24.9. The van der Waals surface area contributed by atoms with E-state index in [-0.39, 0.29) is 24.2 Å². The molecule has 1 fully saturated rings. The zero-order valence-electron chi connectivity index (χ0n) is 24.9. The van der Waals surface area contributed by atoms with E-state index in [1.165, 1.54) is 17.0 Å². The number of aldehydes is 2. The molecule has 2 aromatic carbocycles. The van der Waals surface area contributed by atoms with E-state index in [4.69, 9.17) is 11.0 Å². The van der Waals surface area contributed by atoms with Crippen molar-refractivity contribution in [3.05, 3.63) is 66.0 Å². The summed E-state index contributed by atoms with van der Waals surface area (Å²) >= 11 is 0. The highest BCUT2D eigenvalue weighted by Crippen LogP contribution is 2.21. The van der Waals surface area contributed by atoms with Gasteiger partial charge in [0.1, 0.15) is 24.4 Å². The van der Waals surface area contributed by atoms with Gasteiger partial charge in [-0.1, -0.05) is 58.0 Å². The minimum absolute atomic E-state index is 0.0871. The van der Waals surface area contributed by atoms with Crippen LogP contribution >= 0.6 is 0 Å². The molecule has 1 aliphatic heterocycles. The maximum absolute atomic E-state index is 12.4. The first kappa shape index (κ1) is 36.4. The van der Waals surface area contributed by atoms with Crippen LogP contribution < -0.4 is 11.1 Å². The number of rotatable bonds is 7. The molecule has 0 aromatic heterocycles. The molecular formula is C31H46FN5O3. The number of hydrogen-bond acceptors (Lipinski definition) is 7. The van der Waals surface area contributed by atoms with Crippen molar-refractivity contribution in [2.45, 2.75) is 52.6 Å². The Morgan fingerprint density at radius 2 is 1.70 bits per heavy atom. The third-order valence-electron chi connectivity index (χ3n) is 5.07. The van der Waals surface area contributed by atoms with Gasteiger partial charge in [0.05, 0.1) is 18.7 Å². The van der Waals surface area contributed by atoms with E-state index in [0.29, 0.717) is 31.1 Å². The zero-order chi connectivity index (χ0) is 30.7. The number of anilines is 1. The van der Waals surface area contributed by atoms with Crippen molar-refractivity contribution in [2.24, 2.45) is 17.1 Å². The van der Waals surface area contributed by atoms with Gasteiger partial charge in [0, 0.05) is 25.2 Å². The molecule has 0 saturated carbocycles. The van der Waals surface area contributed by atoms with Gasteiger partial charge in [-0.25, -0.2) is 4.39 Å². The molecule has 0 spiro atoms. The Bertz CT molecular complexity index is 1030. The molecule has 1 heterocycles. The average Bonchev–Trinajstić information content (AvgIpc) is 3.34. The molecule has 0 bridgehead atoms. The molecule has 0 aliphatic carbocycles. The first-order valence-electron chi connectivity index (χ1n) is 13.2. The van der Waals surface area contributed by atoms with Crippen LogP contribution in [0.1, 0.15) is 39.7 Å². The fourth-order valence-electron chi connectivity index (χ4n) is 3.27. The van der Waals surface area contributed by atoms with E-state index in [1.807, 2.05) is 37.4 Å². The molecular weight excluding hydrogens is 509 g/mol. The Morgan fingerprint density at radius 1 is 1.15 bits per heavy atom. The minimum Gasteiger partial charge on any atom is -0.388 e. The molecule has 3 N–H and O–H groups in total. The minimum atomic E-state index is -0.490. The number of para-hydroxylation sites is 1. The summed E-state index contributed by atoms with van der Waals surface area (Å²) < 4.78 is 12.4. The maximum Gasteiger partial charge on any atom is 0.237 e. The molecule has 8 nitrogen and oxygen atoms in total. The Hall–Kier alpha value is -3.61. The molecule has 1 aliphatic rings. The predicted molar refractivity (Wildman–Crippen MR) is 159 cm³/mol. The van der Waals surface area contributed by atoms with E-state index in [0.717, 1.165) is 17.5 Å². The van der Waals surface area contributed by atoms with Gasteiger partial charge in [0.15, 0.2) is 0 Å². The average molecular weight is 556 g/mol. The predicted octanol–water partition coefficient (Wildman–Crippen LogP) is 4.16. The normalized spacial score (nSPS) is 16.5. The number of nitrogens with zero attached hydrogens (tertiary/aromatic N) is 3. The Morgan fingerprint density at radius 3 is 2.10 bits per heavy atom. The maximum atomic E-state index is 12.4. The fourth-order valence-corrected chi connectivity index (χ4v) is 3.27. The number of nitriles is 1. The van der Waals surface area contributed by atoms with Crippen LogP contribution in [-0.4, -0.2) is 74.6 Å². The molecule has 0 radical (unpaired) electrons. The highest BCUT2D eigenvalue weighted by Gasteiger charge is 2.34. The van der Waals surface area contributed by atoms with Crippen molar-refractivity contribution in [3.8, 4) is 6.07 Å². The summed E-state index contributed by atoms with van der Waals surface area (Å²) in [7, 11) is 5.51. The highest BCUT2D eigenvalue weighted by atomic mass is 19.1. The van der Waals surface area contributed by atoms with Gasteiger partial charge < -0.3 is 30.4 Å². The number of likely N-dealkylation sites (tertiary alicyclic amines) is 1. The first-order valence-corrected chi connectivity index (χ1v) is 13.2. The SMILES string of the molecule is CC(C)(C)C.CN(C)CC(=O)N1CC(C=O)CC1C#N.CNc1ccccc1.NC(C=O)Cc1ccc(F)cc1. The van der Waals surface area contributed by atoms with Gasteiger partial charge in [-0.3, -0.25) is 4.79 Å². The van der Waals surface area contributed by atoms with Crippen molar-refractivity contribution < 1.29 is 18.8 Å². The van der Waals surface area contributed by atoms with E-state index in [2.05, 4.69) is 39.1 Å². The van der Waals surface area contributed by atoms with Crippen molar-refractivity contribution >= 4 is 24.2 Å². The third kappa shape index (κ3) is 17.8. The van der Waals surface area contributed by atoms with Gasteiger partial charge in [-0.15, -0.1) is 0 Å². The van der Waals surface area contributed by atoms with Gasteiger partial charge in [-0.05, 0) is 62.2 Å². The van der Waals surface area contributed by atoms with Crippen LogP contribution in [0.3, 0.4) is 0 Å². The molecule has 2 aromatic rings. The number of nitrogens with one attached hydrogen (secondary N) is 1. The summed E-state index contributed by atoms with van der Waals surface area (Å²) in [5.74, 6) is -0.546. The van der Waals surface area contributed by atoms with Gasteiger partial charge in [0.25, 0.3) is 0 Å². The van der Waals surface area contributed by atoms with Crippen molar-refractivity contribution in [1.29, 1.82) is 5.26 Å². The summed E-state index contributed by atoms with van der Waals surface area (Å²) in [4.78, 5) is 35.7. The lowest BCUT2D eigenvalue weighted by atomic mass is 10.0. The van der Waals surface area contributed by atoms with Gasteiger partial charge in [-0.2, -0.15) is 5.26 Å². The number of hydrogen-bond donors (Lipinski definition) is 2. The Balaban J connectivity index is 0.000000543. The van der Waals surface area contributed by atoms with Gasteiger partial charge >= 0.3 is 0 Å². The molecule has 1 amide bonds. The van der Waals surface area contributed by atoms with Gasteiger partial charge in [0.2, 0.25) is 5.91 Å². The summed E-state index contributed by atoms with van der Waals surface area (Å²) in [6.07, 6.45) is 2.44. The molecule has 3 unspecified atom stereocenters. The van der Waals surface area contributed by atoms with Crippen LogP contribution in [0, 0.1) is 28.5 Å². The smallest absolute Gasteiger partial charge is 0.237 e. The second-order valence-electron chi connectivity index (χ2n) is 11.3. The Labute approximate surface area is 239 Å². The third-order valence-corrected chi connectivity index (χ3v) is 5.07. The second kappa shape index (κ2) is 19.4. The summed E-state index contributed by atoms with van der Waals surface area (Å²) in [5.41, 5.74) is 7.91. The monoisotopic (exact) mass is 555 g/mol. The first-order chi connectivity index (χ1) is 18.7. The molecule has 40 heavy (non-hydrogen) atoms. The fraction of sp³-hybridized carbons (Fsp3) is 0.484. The van der Waals surface area contributed by atoms with Crippen LogP contribution in [0.25, 0.3) is 0 Å². The summed E-state index contributed by atoms with van der Waals surface area (Å²) in [5, 5.41) is 11.9. The van der Waals surface area contributed by atoms with Crippen LogP contribution in [0.4, 0.5) is 10.1 Å². The van der Waals surface area contributed by atoms with Crippen molar-refractivity contribution in [2.75, 3.05) is 39.5 Å². The Kier molecular flexibility index (Phi) is 17.7. The van der Waals surface area contributed by atoms with Crippen LogP contribution in [0.5, 0.6) is 0 Å². The number of carbonyl (C=O) groups excluding carboxylic acids is 3. The molecule has 220 valence electrons. The highest BCUT2D eigenvalue weighted by molar-refractivity contribution is 5.80. The van der Waals surface area contributed by atoms with Crippen molar-refractivity contribution in [1.82, 2.24) is 9.80 Å². The van der Waals surface area contributed by atoms with Crippen LogP contribution in [-0.2, 0) is 20.8 Å². The molecule has 1 saturated heterocycles. The van der Waals surface area contributed by atoms with E-state index >= 15 is 0 Å². The van der Waals surface area contributed by atoms with Crippen LogP contribution in [0.2, 0.25) is 0 Å². The number of nitrogens with two attached hydrogens (primary N) is 1. The van der Waals surface area contributed by atoms with E-state index in [1.54, 1.807) is 31.1 Å².